The van der Waals surface area contributed by atoms with E-state index in [1.165, 1.54) is 6.33 Å². The van der Waals surface area contributed by atoms with Gasteiger partial charge in [0.15, 0.2) is 0 Å². The fourth-order valence-corrected chi connectivity index (χ4v) is 3.58. The van der Waals surface area contributed by atoms with Gasteiger partial charge in [-0.3, -0.25) is 0 Å². The highest BCUT2D eigenvalue weighted by molar-refractivity contribution is 7.89. The summed E-state index contributed by atoms with van der Waals surface area (Å²) < 4.78 is 29.4. The van der Waals surface area contributed by atoms with Gasteiger partial charge in [0.1, 0.15) is 12.2 Å². The summed E-state index contributed by atoms with van der Waals surface area (Å²) in [5.74, 6) is 0.560. The van der Waals surface area contributed by atoms with Gasteiger partial charge in [-0.05, 0) is 25.6 Å². The number of nitrogens with one attached hydrogen (secondary N) is 2. The van der Waals surface area contributed by atoms with Crippen molar-refractivity contribution in [3.05, 3.63) is 42.0 Å². The minimum absolute atomic E-state index is 0.272. The normalized spacial score (nSPS) is 13.3. The Balaban J connectivity index is 2.29. The highest BCUT2D eigenvalue weighted by Gasteiger charge is 2.23. The monoisotopic (exact) mass is 309 g/mol. The van der Waals surface area contributed by atoms with Gasteiger partial charge in [0, 0.05) is 13.6 Å². The van der Waals surface area contributed by atoms with E-state index < -0.39 is 16.1 Å². The van der Waals surface area contributed by atoms with E-state index in [1.54, 1.807) is 43.8 Å². The van der Waals surface area contributed by atoms with Gasteiger partial charge in [0.05, 0.1) is 10.9 Å². The molecule has 21 heavy (non-hydrogen) atoms. The second-order valence-electron chi connectivity index (χ2n) is 4.78. The van der Waals surface area contributed by atoms with Gasteiger partial charge in [-0.15, -0.1) is 10.2 Å². The van der Waals surface area contributed by atoms with Crippen LogP contribution in [0.2, 0.25) is 0 Å². The van der Waals surface area contributed by atoms with Crippen LogP contribution in [0, 0.1) is 0 Å². The molecule has 0 bridgehead atoms. The topological polar surface area (TPSA) is 88.9 Å². The van der Waals surface area contributed by atoms with E-state index in [-0.39, 0.29) is 4.90 Å². The number of sulfonamides is 1. The molecule has 0 saturated carbocycles. The van der Waals surface area contributed by atoms with Crippen molar-refractivity contribution in [3.8, 4) is 0 Å². The van der Waals surface area contributed by atoms with Crippen LogP contribution in [0.25, 0.3) is 0 Å². The maximum atomic E-state index is 12.5. The van der Waals surface area contributed by atoms with Crippen molar-refractivity contribution < 1.29 is 8.42 Å². The molecule has 1 heterocycles. The highest BCUT2D eigenvalue weighted by Crippen LogP contribution is 2.18. The van der Waals surface area contributed by atoms with Crippen LogP contribution in [0.1, 0.15) is 24.4 Å². The summed E-state index contributed by atoms with van der Waals surface area (Å²) in [5.41, 5.74) is 0.720. The van der Waals surface area contributed by atoms with E-state index in [4.69, 9.17) is 0 Å². The molecule has 1 aromatic carbocycles. The molecule has 2 N–H and O–H groups in total. The van der Waals surface area contributed by atoms with E-state index in [1.807, 2.05) is 6.07 Å². The Labute approximate surface area is 124 Å². The van der Waals surface area contributed by atoms with Crippen LogP contribution in [-0.4, -0.2) is 30.2 Å². The van der Waals surface area contributed by atoms with Crippen LogP contribution in [-0.2, 0) is 23.6 Å². The maximum Gasteiger partial charge on any atom is 0.241 e. The smallest absolute Gasteiger partial charge is 0.241 e. The Morgan fingerprint density at radius 3 is 2.67 bits per heavy atom. The standard InChI is InChI=1S/C13H19N5O2S/c1-10(13-16-15-9-18(13)3)17-21(19,20)12-7-5-4-6-11(12)8-14-2/h4-7,9-10,14,17H,8H2,1-3H3. The average Bonchev–Trinajstić information content (AvgIpc) is 2.85. The number of hydrogen-bond acceptors (Lipinski definition) is 5. The van der Waals surface area contributed by atoms with E-state index in [2.05, 4.69) is 20.2 Å². The van der Waals surface area contributed by atoms with Gasteiger partial charge in [0.2, 0.25) is 10.0 Å². The van der Waals surface area contributed by atoms with Gasteiger partial charge in [-0.25, -0.2) is 13.1 Å². The van der Waals surface area contributed by atoms with Crippen LogP contribution < -0.4 is 10.0 Å². The van der Waals surface area contributed by atoms with Gasteiger partial charge in [-0.2, -0.15) is 0 Å². The molecule has 0 radical (unpaired) electrons. The van der Waals surface area contributed by atoms with Crippen molar-refractivity contribution in [2.24, 2.45) is 7.05 Å². The summed E-state index contributed by atoms with van der Waals surface area (Å²) in [4.78, 5) is 0.272. The molecular weight excluding hydrogens is 290 g/mol. The van der Waals surface area contributed by atoms with Crippen molar-refractivity contribution >= 4 is 10.0 Å². The lowest BCUT2D eigenvalue weighted by atomic mass is 10.2. The first-order chi connectivity index (χ1) is 9.95. The van der Waals surface area contributed by atoms with Gasteiger partial charge >= 0.3 is 0 Å². The first kappa shape index (κ1) is 15.6. The lowest BCUT2D eigenvalue weighted by molar-refractivity contribution is 0.552. The SMILES string of the molecule is CNCc1ccccc1S(=O)(=O)NC(C)c1nncn1C. The zero-order valence-electron chi connectivity index (χ0n) is 12.2. The van der Waals surface area contributed by atoms with E-state index in [9.17, 15) is 8.42 Å². The number of benzene rings is 1. The van der Waals surface area contributed by atoms with Crippen molar-refractivity contribution in [2.45, 2.75) is 24.4 Å². The quantitative estimate of drug-likeness (QED) is 0.814. The Morgan fingerprint density at radius 2 is 2.05 bits per heavy atom. The number of nitrogens with zero attached hydrogens (tertiary/aromatic N) is 3. The molecular formula is C13H19N5O2S. The highest BCUT2D eigenvalue weighted by atomic mass is 32.2. The second-order valence-corrected chi connectivity index (χ2v) is 6.46. The summed E-state index contributed by atoms with van der Waals surface area (Å²) in [6, 6.07) is 6.44. The summed E-state index contributed by atoms with van der Waals surface area (Å²) in [6.07, 6.45) is 1.54. The molecule has 0 amide bonds. The molecule has 7 nitrogen and oxygen atoms in total. The third-order valence-electron chi connectivity index (χ3n) is 3.09. The summed E-state index contributed by atoms with van der Waals surface area (Å²) >= 11 is 0. The maximum absolute atomic E-state index is 12.5. The number of aromatic nitrogens is 3. The Bertz CT molecular complexity index is 711. The van der Waals surface area contributed by atoms with Gasteiger partial charge in [-0.1, -0.05) is 18.2 Å². The average molecular weight is 309 g/mol. The van der Waals surface area contributed by atoms with Crippen LogP contribution in [0.3, 0.4) is 0 Å². The molecule has 0 fully saturated rings. The van der Waals surface area contributed by atoms with Crippen LogP contribution in [0.4, 0.5) is 0 Å². The number of aryl methyl sites for hydroxylation is 1. The zero-order valence-corrected chi connectivity index (χ0v) is 13.1. The van der Waals surface area contributed by atoms with Crippen LogP contribution in [0.15, 0.2) is 35.5 Å². The molecule has 0 aliphatic heterocycles. The summed E-state index contributed by atoms with van der Waals surface area (Å²) in [5, 5.41) is 10.7. The summed E-state index contributed by atoms with van der Waals surface area (Å²) in [7, 11) is -0.0766. The second kappa shape index (κ2) is 6.33. The minimum atomic E-state index is -3.63. The lowest BCUT2D eigenvalue weighted by Gasteiger charge is -2.15. The van der Waals surface area contributed by atoms with Crippen molar-refractivity contribution in [3.63, 3.8) is 0 Å². The molecule has 1 atom stereocenters. The van der Waals surface area contributed by atoms with Gasteiger partial charge < -0.3 is 9.88 Å². The molecule has 1 unspecified atom stereocenters. The number of hydrogen-bond donors (Lipinski definition) is 2. The third-order valence-corrected chi connectivity index (χ3v) is 4.74. The van der Waals surface area contributed by atoms with E-state index in [0.29, 0.717) is 12.4 Å². The molecule has 0 aliphatic carbocycles. The van der Waals surface area contributed by atoms with Crippen molar-refractivity contribution in [1.82, 2.24) is 24.8 Å². The number of rotatable bonds is 6. The summed E-state index contributed by atoms with van der Waals surface area (Å²) in [6.45, 7) is 2.22. The molecule has 2 aromatic rings. The van der Waals surface area contributed by atoms with Crippen LogP contribution in [0.5, 0.6) is 0 Å². The molecule has 0 aliphatic rings. The minimum Gasteiger partial charge on any atom is -0.319 e. The Kier molecular flexibility index (Phi) is 4.71. The van der Waals surface area contributed by atoms with E-state index in [0.717, 1.165) is 5.56 Å². The first-order valence-corrected chi connectivity index (χ1v) is 8.02. The Morgan fingerprint density at radius 1 is 1.33 bits per heavy atom. The predicted molar refractivity (Wildman–Crippen MR) is 78.9 cm³/mol. The van der Waals surface area contributed by atoms with Gasteiger partial charge in [0.25, 0.3) is 0 Å². The van der Waals surface area contributed by atoms with Crippen LogP contribution >= 0.6 is 0 Å². The van der Waals surface area contributed by atoms with Crippen molar-refractivity contribution in [2.75, 3.05) is 7.05 Å². The fourth-order valence-electron chi connectivity index (χ4n) is 2.14. The molecule has 0 spiro atoms. The zero-order chi connectivity index (χ0) is 15.5. The molecule has 114 valence electrons. The van der Waals surface area contributed by atoms with Crippen molar-refractivity contribution in [1.29, 1.82) is 0 Å². The lowest BCUT2D eigenvalue weighted by Crippen LogP contribution is -2.29. The largest absolute Gasteiger partial charge is 0.319 e. The third kappa shape index (κ3) is 3.46. The molecule has 0 saturated heterocycles. The molecule has 2 rings (SSSR count). The molecule has 1 aromatic heterocycles. The molecule has 8 heteroatoms. The fraction of sp³-hybridized carbons (Fsp3) is 0.385. The van der Waals surface area contributed by atoms with E-state index >= 15 is 0 Å². The first-order valence-electron chi connectivity index (χ1n) is 6.54. The predicted octanol–water partition coefficient (Wildman–Crippen LogP) is 0.574. The Hall–Kier alpha value is -1.77.